The maximum atomic E-state index is 5.72. The monoisotopic (exact) mass is 353 g/mol. The molecule has 0 radical (unpaired) electrons. The fraction of sp³-hybridized carbons (Fsp3) is 0.542. The van der Waals surface area contributed by atoms with Crippen LogP contribution >= 0.6 is 0 Å². The fourth-order valence-electron chi connectivity index (χ4n) is 3.04. The van der Waals surface area contributed by atoms with E-state index in [-0.39, 0.29) is 0 Å². The summed E-state index contributed by atoms with van der Waals surface area (Å²) >= 11 is 0. The zero-order valence-corrected chi connectivity index (χ0v) is 16.7. The van der Waals surface area contributed by atoms with Crippen LogP contribution < -0.4 is 4.74 Å². The van der Waals surface area contributed by atoms with Crippen LogP contribution in [0.3, 0.4) is 0 Å². The number of unbranched alkanes of at least 4 members (excludes halogenated alkanes) is 5. The molecule has 2 heteroatoms. The van der Waals surface area contributed by atoms with Gasteiger partial charge >= 0.3 is 0 Å². The van der Waals surface area contributed by atoms with E-state index < -0.39 is 0 Å². The Kier molecular flexibility index (Phi) is 9.86. The molecule has 2 nitrogen and oxygen atoms in total. The summed E-state index contributed by atoms with van der Waals surface area (Å²) in [6, 6.07) is 13.0. The second-order valence-corrected chi connectivity index (χ2v) is 7.17. The smallest absolute Gasteiger partial charge is 0.119 e. The first-order valence-corrected chi connectivity index (χ1v) is 10.5. The molecule has 2 rings (SSSR count). The van der Waals surface area contributed by atoms with E-state index in [2.05, 4.69) is 61.4 Å². The summed E-state index contributed by atoms with van der Waals surface area (Å²) in [5.41, 5.74) is 3.90. The summed E-state index contributed by atoms with van der Waals surface area (Å²) in [5.74, 6) is 0.976. The third-order valence-electron chi connectivity index (χ3n) is 4.81. The van der Waals surface area contributed by atoms with Gasteiger partial charge in [0.05, 0.1) is 6.61 Å². The molecule has 0 aliphatic rings. The van der Waals surface area contributed by atoms with Crippen molar-refractivity contribution in [3.8, 4) is 5.75 Å². The quantitative estimate of drug-likeness (QED) is 0.380. The van der Waals surface area contributed by atoms with Crippen LogP contribution in [0.25, 0.3) is 0 Å². The lowest BCUT2D eigenvalue weighted by Crippen LogP contribution is -1.98. The highest BCUT2D eigenvalue weighted by Gasteiger charge is 2.00. The largest absolute Gasteiger partial charge is 0.494 e. The summed E-state index contributed by atoms with van der Waals surface area (Å²) in [7, 11) is 0. The van der Waals surface area contributed by atoms with Gasteiger partial charge in [-0.15, -0.1) is 0 Å². The number of aryl methyl sites for hydroxylation is 3. The number of benzene rings is 1. The van der Waals surface area contributed by atoms with Crippen LogP contribution in [0.5, 0.6) is 5.75 Å². The summed E-state index contributed by atoms with van der Waals surface area (Å²) in [6.07, 6.45) is 14.2. The Morgan fingerprint density at radius 3 is 2.12 bits per heavy atom. The molecule has 0 spiro atoms. The van der Waals surface area contributed by atoms with E-state index in [0.29, 0.717) is 0 Å². The number of rotatable bonds is 13. The van der Waals surface area contributed by atoms with Gasteiger partial charge in [0.2, 0.25) is 0 Å². The lowest BCUT2D eigenvalue weighted by molar-refractivity contribution is 0.309. The Morgan fingerprint density at radius 1 is 0.692 bits per heavy atom. The Hall–Kier alpha value is -1.83. The molecule has 0 saturated carbocycles. The number of pyridine rings is 1. The first-order chi connectivity index (χ1) is 12.8. The zero-order valence-electron chi connectivity index (χ0n) is 16.7. The van der Waals surface area contributed by atoms with Gasteiger partial charge in [-0.05, 0) is 61.4 Å². The van der Waals surface area contributed by atoms with Crippen LogP contribution in [0.4, 0.5) is 0 Å². The second-order valence-electron chi connectivity index (χ2n) is 7.17. The molecule has 0 saturated heterocycles. The Bertz CT molecular complexity index is 589. The van der Waals surface area contributed by atoms with Crippen molar-refractivity contribution in [1.82, 2.24) is 4.98 Å². The van der Waals surface area contributed by atoms with Crippen LogP contribution in [0.2, 0.25) is 0 Å². The van der Waals surface area contributed by atoms with E-state index >= 15 is 0 Å². The van der Waals surface area contributed by atoms with Crippen LogP contribution in [-0.2, 0) is 19.3 Å². The number of ether oxygens (including phenoxy) is 1. The molecule has 0 fully saturated rings. The Morgan fingerprint density at radius 2 is 1.42 bits per heavy atom. The van der Waals surface area contributed by atoms with Crippen molar-refractivity contribution in [2.24, 2.45) is 0 Å². The minimum Gasteiger partial charge on any atom is -0.494 e. The van der Waals surface area contributed by atoms with E-state index in [4.69, 9.17) is 4.74 Å². The summed E-state index contributed by atoms with van der Waals surface area (Å²) in [4.78, 5) is 4.65. The van der Waals surface area contributed by atoms with Gasteiger partial charge in [-0.2, -0.15) is 0 Å². The molecule has 1 aromatic heterocycles. The van der Waals surface area contributed by atoms with Crippen molar-refractivity contribution < 1.29 is 4.74 Å². The molecular weight excluding hydrogens is 318 g/mol. The van der Waals surface area contributed by atoms with Gasteiger partial charge in [-0.1, -0.05) is 64.2 Å². The van der Waals surface area contributed by atoms with Gasteiger partial charge in [0.25, 0.3) is 0 Å². The third kappa shape index (κ3) is 8.03. The van der Waals surface area contributed by atoms with Gasteiger partial charge in [0.15, 0.2) is 0 Å². The minimum atomic E-state index is 0.810. The van der Waals surface area contributed by atoms with Crippen LogP contribution in [0.1, 0.15) is 75.6 Å². The van der Waals surface area contributed by atoms with Crippen molar-refractivity contribution in [3.05, 3.63) is 59.4 Å². The molecule has 2 aromatic rings. The molecule has 0 aliphatic heterocycles. The maximum absolute atomic E-state index is 5.72. The van der Waals surface area contributed by atoms with Crippen molar-refractivity contribution in [2.45, 2.75) is 78.1 Å². The van der Waals surface area contributed by atoms with Gasteiger partial charge in [-0.25, -0.2) is 0 Å². The molecule has 0 N–H and O–H groups in total. The van der Waals surface area contributed by atoms with E-state index in [1.54, 1.807) is 0 Å². The topological polar surface area (TPSA) is 22.1 Å². The van der Waals surface area contributed by atoms with E-state index in [9.17, 15) is 0 Å². The number of hydrogen-bond donors (Lipinski definition) is 0. The first-order valence-electron chi connectivity index (χ1n) is 10.5. The van der Waals surface area contributed by atoms with Gasteiger partial charge in [0.1, 0.15) is 5.75 Å². The highest BCUT2D eigenvalue weighted by Crippen LogP contribution is 2.15. The third-order valence-corrected chi connectivity index (χ3v) is 4.81. The maximum Gasteiger partial charge on any atom is 0.119 e. The highest BCUT2D eigenvalue weighted by atomic mass is 16.5. The molecule has 0 atom stereocenters. The van der Waals surface area contributed by atoms with Gasteiger partial charge in [-0.3, -0.25) is 4.98 Å². The summed E-state index contributed by atoms with van der Waals surface area (Å²) < 4.78 is 5.72. The molecule has 142 valence electrons. The molecule has 0 bridgehead atoms. The zero-order chi connectivity index (χ0) is 18.5. The van der Waals surface area contributed by atoms with E-state index in [0.717, 1.165) is 38.0 Å². The summed E-state index contributed by atoms with van der Waals surface area (Å²) in [5, 5.41) is 0. The van der Waals surface area contributed by atoms with Crippen molar-refractivity contribution >= 4 is 0 Å². The van der Waals surface area contributed by atoms with Crippen molar-refractivity contribution in [1.29, 1.82) is 0 Å². The average Bonchev–Trinajstić information content (AvgIpc) is 2.68. The Balaban J connectivity index is 1.70. The molecule has 1 aromatic carbocycles. The van der Waals surface area contributed by atoms with Gasteiger partial charge in [0, 0.05) is 11.9 Å². The fourth-order valence-corrected chi connectivity index (χ4v) is 3.04. The standard InChI is InChI=1S/C24H35NO/c1-3-5-7-8-9-10-22-12-16-23(25-20-22)15-11-21-13-17-24(18-14-21)26-19-6-4-2/h12-14,16-18,20H,3-11,15,19H2,1-2H3. The highest BCUT2D eigenvalue weighted by molar-refractivity contribution is 5.28. The lowest BCUT2D eigenvalue weighted by atomic mass is 10.0. The van der Waals surface area contributed by atoms with Crippen LogP contribution in [-0.4, -0.2) is 11.6 Å². The van der Waals surface area contributed by atoms with E-state index in [1.165, 1.54) is 55.3 Å². The van der Waals surface area contributed by atoms with Crippen LogP contribution in [0, 0.1) is 0 Å². The predicted octanol–water partition coefficient (Wildman–Crippen LogP) is 6.56. The molecular formula is C24H35NO. The Labute approximate surface area is 160 Å². The van der Waals surface area contributed by atoms with Crippen molar-refractivity contribution in [3.63, 3.8) is 0 Å². The number of nitrogens with zero attached hydrogens (tertiary/aromatic N) is 1. The minimum absolute atomic E-state index is 0.810. The average molecular weight is 354 g/mol. The SMILES string of the molecule is CCCCCCCc1ccc(CCc2ccc(OCCCC)cc2)nc1. The summed E-state index contributed by atoms with van der Waals surface area (Å²) in [6.45, 7) is 5.25. The second kappa shape index (κ2) is 12.5. The molecule has 26 heavy (non-hydrogen) atoms. The number of hydrogen-bond acceptors (Lipinski definition) is 2. The normalized spacial score (nSPS) is 10.8. The van der Waals surface area contributed by atoms with Gasteiger partial charge < -0.3 is 4.74 Å². The lowest BCUT2D eigenvalue weighted by Gasteiger charge is -2.07. The van der Waals surface area contributed by atoms with E-state index in [1.807, 2.05) is 0 Å². The molecule has 1 heterocycles. The first kappa shape index (κ1) is 20.5. The predicted molar refractivity (Wildman–Crippen MR) is 111 cm³/mol. The number of aromatic nitrogens is 1. The molecule has 0 aliphatic carbocycles. The molecule has 0 amide bonds. The van der Waals surface area contributed by atoms with Crippen LogP contribution in [0.15, 0.2) is 42.6 Å². The van der Waals surface area contributed by atoms with Crippen molar-refractivity contribution in [2.75, 3.05) is 6.61 Å². The molecule has 0 unspecified atom stereocenters.